The van der Waals surface area contributed by atoms with Crippen LogP contribution in [0.2, 0.25) is 0 Å². The highest BCUT2D eigenvalue weighted by Crippen LogP contribution is 2.37. The number of hydrogen-bond donors (Lipinski definition) is 1. The molecule has 1 aliphatic rings. The molecule has 1 N–H and O–H groups in total. The lowest BCUT2D eigenvalue weighted by atomic mass is 9.92. The molecule has 0 bridgehead atoms. The van der Waals surface area contributed by atoms with Crippen LogP contribution in [-0.4, -0.2) is 36.4 Å². The van der Waals surface area contributed by atoms with Crippen molar-refractivity contribution in [3.8, 4) is 5.75 Å². The third kappa shape index (κ3) is 4.09. The number of fused-ring (bicyclic) bond motifs is 2. The van der Waals surface area contributed by atoms with E-state index < -0.39 is 133 Å². The highest BCUT2D eigenvalue weighted by Gasteiger charge is 2.19. The summed E-state index contributed by atoms with van der Waals surface area (Å²) in [5.41, 5.74) is -3.61. The molecule has 25 heavy (non-hydrogen) atoms. The van der Waals surface area contributed by atoms with Crippen LogP contribution in [0.5, 0.6) is 5.75 Å². The fourth-order valence-corrected chi connectivity index (χ4v) is 2.16. The molecule has 0 saturated heterocycles. The van der Waals surface area contributed by atoms with Gasteiger partial charge in [0.15, 0.2) is 0 Å². The van der Waals surface area contributed by atoms with E-state index in [1.165, 1.54) is 0 Å². The third-order valence-corrected chi connectivity index (χ3v) is 3.14. The highest BCUT2D eigenvalue weighted by atomic mass is 16.5. The summed E-state index contributed by atoms with van der Waals surface area (Å²) in [4.78, 5) is 10.8. The second-order valence-electron chi connectivity index (χ2n) is 4.84. The number of carbonyl (C=O) groups is 1. The molecule has 0 aliphatic carbocycles. The standard InChI is InChI=1S/C21H23NO3/c1-22(2)11-5-8-18-17-7-4-3-6-16(17)14-25-20-10-9-15(12-19(18)20)13-21(23)24/h3-4,6-10,12H,5,11,13-14H2,1-2H3,(H,23,24)/b18-8-/i1D3,2D3,3D,4D,5D2,6D,7D,8D,9D,10D,11D2,12D. The van der Waals surface area contributed by atoms with E-state index in [1.54, 1.807) is 0 Å². The maximum absolute atomic E-state index is 11.5. The van der Waals surface area contributed by atoms with E-state index in [4.69, 9.17) is 29.4 Å². The molecular formula is C21H23NO3. The first-order chi connectivity index (χ1) is 19.3. The van der Waals surface area contributed by atoms with Gasteiger partial charge in [0, 0.05) is 25.8 Å². The molecule has 4 heteroatoms. The van der Waals surface area contributed by atoms with Crippen LogP contribution in [0, 0.1) is 0 Å². The molecule has 2 aromatic carbocycles. The molecule has 0 saturated carbocycles. The Morgan fingerprint density at radius 3 is 3.04 bits per heavy atom. The predicted molar refractivity (Wildman–Crippen MR) is 98.8 cm³/mol. The Morgan fingerprint density at radius 1 is 1.40 bits per heavy atom. The van der Waals surface area contributed by atoms with Gasteiger partial charge in [0.2, 0.25) is 0 Å². The van der Waals surface area contributed by atoms with Gasteiger partial charge in [-0.15, -0.1) is 0 Å². The Morgan fingerprint density at radius 2 is 2.24 bits per heavy atom. The van der Waals surface area contributed by atoms with Crippen molar-refractivity contribution < 1.29 is 39.3 Å². The second kappa shape index (κ2) is 7.53. The van der Waals surface area contributed by atoms with Gasteiger partial charge in [0.25, 0.3) is 0 Å². The molecule has 1 aliphatic heterocycles. The highest BCUT2D eigenvalue weighted by molar-refractivity contribution is 5.85. The maximum atomic E-state index is 11.5. The topological polar surface area (TPSA) is 49.8 Å². The van der Waals surface area contributed by atoms with Gasteiger partial charge in [0.05, 0.1) is 17.4 Å². The van der Waals surface area contributed by atoms with E-state index in [0.29, 0.717) is 0 Å². The van der Waals surface area contributed by atoms with Gasteiger partial charge in [0.1, 0.15) is 12.4 Å². The number of carboxylic acid groups (broad SMARTS) is 1. The SMILES string of the molecule is [2H]/C(=C1\c2c([2H])c([2H])c([2H])c([2H])c2COc2c([2H])c([2H])c(CC(=O)O)c([2H])c21)C([2H])([2H])C([2H])([2H])N(C([2H])([2H])[2H])C([2H])([2H])[2H]. The lowest BCUT2D eigenvalue weighted by Gasteiger charge is -2.13. The van der Waals surface area contributed by atoms with Crippen molar-refractivity contribution >= 4 is 11.5 Å². The molecule has 2 aromatic rings. The van der Waals surface area contributed by atoms with Crippen LogP contribution in [0.1, 0.15) is 53.3 Å². The summed E-state index contributed by atoms with van der Waals surface area (Å²) in [6.07, 6.45) is -4.99. The molecule has 0 fully saturated rings. The van der Waals surface area contributed by atoms with Crippen molar-refractivity contribution in [2.45, 2.75) is 19.4 Å². The molecule has 4 nitrogen and oxygen atoms in total. The van der Waals surface area contributed by atoms with Crippen molar-refractivity contribution in [2.24, 2.45) is 0 Å². The first-order valence-corrected chi connectivity index (χ1v) is 6.90. The molecule has 0 aromatic heterocycles. The van der Waals surface area contributed by atoms with Gasteiger partial charge in [-0.1, -0.05) is 36.3 Å². The number of hydrogen-bond acceptors (Lipinski definition) is 3. The van der Waals surface area contributed by atoms with Gasteiger partial charge >= 0.3 is 5.97 Å². The van der Waals surface area contributed by atoms with Crippen LogP contribution in [0.3, 0.4) is 0 Å². The normalized spacial score (nSPS) is 27.6. The van der Waals surface area contributed by atoms with Crippen molar-refractivity contribution in [3.05, 3.63) is 70.6 Å². The van der Waals surface area contributed by atoms with Gasteiger partial charge in [-0.3, -0.25) is 4.79 Å². The molecular weight excluding hydrogens is 314 g/mol. The van der Waals surface area contributed by atoms with Gasteiger partial charge < -0.3 is 14.7 Å². The predicted octanol–water partition coefficient (Wildman–Crippen LogP) is 3.59. The van der Waals surface area contributed by atoms with Crippen molar-refractivity contribution in [2.75, 3.05) is 20.4 Å². The fraction of sp³-hybridized carbons (Fsp3) is 0.286. The van der Waals surface area contributed by atoms with Crippen molar-refractivity contribution in [1.82, 2.24) is 4.90 Å². The molecule has 0 spiro atoms. The summed E-state index contributed by atoms with van der Waals surface area (Å²) < 4.78 is 152. The van der Waals surface area contributed by atoms with E-state index in [9.17, 15) is 9.90 Å². The summed E-state index contributed by atoms with van der Waals surface area (Å²) in [6.45, 7) is -12.5. The number of carboxylic acids is 1. The van der Waals surface area contributed by atoms with E-state index in [-0.39, 0.29) is 0 Å². The number of ether oxygens (including phenoxy) is 1. The lowest BCUT2D eigenvalue weighted by Crippen LogP contribution is -2.12. The zero-order chi connectivity index (χ0) is 33.4. The summed E-state index contributed by atoms with van der Waals surface area (Å²) in [5, 5.41) is 9.37. The quantitative estimate of drug-likeness (QED) is 0.890. The number of aliphatic carboxylic acids is 1. The summed E-state index contributed by atoms with van der Waals surface area (Å²) in [5.74, 6) is -2.30. The summed E-state index contributed by atoms with van der Waals surface area (Å²) in [6, 6.07) is -7.65. The maximum Gasteiger partial charge on any atom is 0.307 e. The Bertz CT molecular complexity index is 1530. The molecule has 3 rings (SSSR count). The van der Waals surface area contributed by atoms with Crippen LogP contribution in [0.4, 0.5) is 0 Å². The van der Waals surface area contributed by atoms with Crippen molar-refractivity contribution in [1.29, 1.82) is 0 Å². The molecule has 0 atom stereocenters. The van der Waals surface area contributed by atoms with Crippen LogP contribution >= 0.6 is 0 Å². The fourth-order valence-electron chi connectivity index (χ4n) is 2.16. The van der Waals surface area contributed by atoms with E-state index in [2.05, 4.69) is 0 Å². The molecule has 130 valence electrons. The van der Waals surface area contributed by atoms with Crippen LogP contribution in [0.25, 0.3) is 5.57 Å². The van der Waals surface area contributed by atoms with E-state index >= 15 is 0 Å². The second-order valence-corrected chi connectivity index (χ2v) is 4.84. The minimum Gasteiger partial charge on any atom is -0.488 e. The van der Waals surface area contributed by atoms with Gasteiger partial charge in [-0.2, -0.15) is 0 Å². The minimum atomic E-state index is -4.07. The largest absolute Gasteiger partial charge is 0.488 e. The minimum absolute atomic E-state index is 0.452. The monoisotopic (exact) mass is 355 g/mol. The summed E-state index contributed by atoms with van der Waals surface area (Å²) in [7, 11) is 0. The zero-order valence-electron chi connectivity index (χ0n) is 30.6. The number of rotatable bonds is 5. The van der Waals surface area contributed by atoms with Crippen molar-refractivity contribution in [3.63, 3.8) is 0 Å². The molecule has 1 heterocycles. The Balaban J connectivity index is 2.66. The third-order valence-electron chi connectivity index (χ3n) is 3.14. The Labute approximate surface area is 173 Å². The van der Waals surface area contributed by atoms with E-state index in [1.807, 2.05) is 0 Å². The van der Waals surface area contributed by atoms with Gasteiger partial charge in [-0.05, 0) is 54.7 Å². The smallest absolute Gasteiger partial charge is 0.307 e. The molecule has 0 unspecified atom stereocenters. The zero-order valence-corrected chi connectivity index (χ0v) is 12.6. The van der Waals surface area contributed by atoms with Gasteiger partial charge in [-0.25, -0.2) is 0 Å². The summed E-state index contributed by atoms with van der Waals surface area (Å²) >= 11 is 0. The van der Waals surface area contributed by atoms with Crippen LogP contribution in [-0.2, 0) is 17.8 Å². The number of nitrogens with zero attached hydrogens (tertiary/aromatic N) is 1. The average molecular weight is 356 g/mol. The van der Waals surface area contributed by atoms with Crippen LogP contribution in [0.15, 0.2) is 48.3 Å². The first kappa shape index (κ1) is 5.71. The molecule has 0 radical (unpaired) electrons. The number of benzene rings is 2. The van der Waals surface area contributed by atoms with Crippen LogP contribution < -0.4 is 4.74 Å². The average Bonchev–Trinajstić information content (AvgIpc) is 3.02. The Kier molecular flexibility index (Phi) is 1.72. The Hall–Kier alpha value is -2.59. The van der Waals surface area contributed by atoms with E-state index in [0.717, 1.165) is 0 Å². The molecule has 0 amide bonds. The lowest BCUT2D eigenvalue weighted by molar-refractivity contribution is -0.136. The first-order valence-electron chi connectivity index (χ1n) is 15.9.